The molecule has 8 heteroatoms. The minimum absolute atomic E-state index is 0.191. The van der Waals surface area contributed by atoms with Gasteiger partial charge in [-0.2, -0.15) is 0 Å². The average molecular weight is 618 g/mol. The molecule has 6 atom stereocenters. The number of amides is 3. The first-order valence-electron chi connectivity index (χ1n) is 15.9. The molecular weight excluding hydrogens is 578 g/mol. The van der Waals surface area contributed by atoms with Crippen LogP contribution in [0.15, 0.2) is 103 Å². The molecule has 4 aliphatic heterocycles. The van der Waals surface area contributed by atoms with E-state index in [9.17, 15) is 14.7 Å². The molecule has 2 saturated heterocycles. The molecule has 2 fully saturated rings. The quantitative estimate of drug-likeness (QED) is 0.412. The highest BCUT2D eigenvalue weighted by Gasteiger charge is 2.75. The summed E-state index contributed by atoms with van der Waals surface area (Å²) in [6, 6.07) is 23.1. The highest BCUT2D eigenvalue weighted by atomic mass is 16.5. The van der Waals surface area contributed by atoms with Crippen molar-refractivity contribution >= 4 is 23.4 Å². The number of rotatable bonds is 6. The number of carbonyl (C=O) groups excluding carboxylic acids is 3. The highest BCUT2D eigenvalue weighted by molar-refractivity contribution is 6.06. The van der Waals surface area contributed by atoms with Crippen molar-refractivity contribution in [3.8, 4) is 0 Å². The van der Waals surface area contributed by atoms with E-state index in [0.29, 0.717) is 18.7 Å². The van der Waals surface area contributed by atoms with Crippen LogP contribution >= 0.6 is 0 Å². The molecule has 0 radical (unpaired) electrons. The van der Waals surface area contributed by atoms with Gasteiger partial charge in [0.2, 0.25) is 11.8 Å². The Morgan fingerprint density at radius 2 is 1.54 bits per heavy atom. The first-order valence-corrected chi connectivity index (χ1v) is 15.9. The predicted molar refractivity (Wildman–Crippen MR) is 175 cm³/mol. The van der Waals surface area contributed by atoms with Crippen molar-refractivity contribution in [3.63, 3.8) is 0 Å². The van der Waals surface area contributed by atoms with Crippen LogP contribution in [0.1, 0.15) is 35.2 Å². The van der Waals surface area contributed by atoms with Crippen LogP contribution < -0.4 is 4.90 Å². The minimum Gasteiger partial charge on any atom is -0.394 e. The fraction of sp³-hybridized carbons (Fsp3) is 0.342. The molecule has 0 aromatic heterocycles. The van der Waals surface area contributed by atoms with Crippen LogP contribution in [-0.2, 0) is 25.7 Å². The minimum atomic E-state index is -1.43. The van der Waals surface area contributed by atoms with Gasteiger partial charge in [-0.25, -0.2) is 0 Å². The summed E-state index contributed by atoms with van der Waals surface area (Å²) in [6.07, 6.45) is 7.57. The number of hydrogen-bond donors (Lipinski definition) is 1. The molecular formula is C38H39N3O5. The van der Waals surface area contributed by atoms with Crippen molar-refractivity contribution in [2.45, 2.75) is 50.6 Å². The smallest absolute Gasteiger partial charge is 0.253 e. The van der Waals surface area contributed by atoms with Crippen molar-refractivity contribution in [2.24, 2.45) is 11.8 Å². The number of aryl methyl sites for hydroxylation is 2. The molecule has 0 aliphatic carbocycles. The Morgan fingerprint density at radius 3 is 2.26 bits per heavy atom. The highest BCUT2D eigenvalue weighted by Crippen LogP contribution is 2.59. The van der Waals surface area contributed by atoms with Crippen LogP contribution in [0, 0.1) is 25.7 Å². The lowest BCUT2D eigenvalue weighted by atomic mass is 9.74. The summed E-state index contributed by atoms with van der Waals surface area (Å²) in [7, 11) is 0. The second-order valence-corrected chi connectivity index (χ2v) is 13.1. The topological polar surface area (TPSA) is 90.4 Å². The van der Waals surface area contributed by atoms with Crippen molar-refractivity contribution < 1.29 is 24.2 Å². The number of ether oxygens (including phenoxy) is 1. The normalized spacial score (nSPS) is 29.3. The first-order chi connectivity index (χ1) is 22.2. The molecule has 46 heavy (non-hydrogen) atoms. The van der Waals surface area contributed by atoms with Crippen molar-refractivity contribution in [2.75, 3.05) is 24.6 Å². The molecule has 4 aliphatic rings. The Kier molecular flexibility index (Phi) is 7.45. The van der Waals surface area contributed by atoms with Crippen molar-refractivity contribution in [1.29, 1.82) is 0 Å². The molecule has 1 spiro atoms. The third-order valence-electron chi connectivity index (χ3n) is 10.1. The van der Waals surface area contributed by atoms with Gasteiger partial charge in [-0.15, -0.1) is 0 Å². The van der Waals surface area contributed by atoms with E-state index in [1.54, 1.807) is 9.80 Å². The van der Waals surface area contributed by atoms with Gasteiger partial charge < -0.3 is 24.5 Å². The maximum atomic E-state index is 15.0. The first kappa shape index (κ1) is 30.1. The van der Waals surface area contributed by atoms with Crippen LogP contribution in [-0.4, -0.2) is 69.6 Å². The summed E-state index contributed by atoms with van der Waals surface area (Å²) in [5.74, 6) is -2.72. The number of fused-ring (bicyclic) bond motifs is 2. The molecule has 3 amide bonds. The van der Waals surface area contributed by atoms with Crippen LogP contribution in [0.2, 0.25) is 0 Å². The van der Waals surface area contributed by atoms with E-state index in [1.807, 2.05) is 124 Å². The van der Waals surface area contributed by atoms with Gasteiger partial charge in [-0.05, 0) is 49.1 Å². The molecule has 0 bridgehead atoms. The summed E-state index contributed by atoms with van der Waals surface area (Å²) in [5.41, 5.74) is 1.81. The number of anilines is 1. The molecule has 4 heterocycles. The van der Waals surface area contributed by atoms with Crippen LogP contribution in [0.3, 0.4) is 0 Å². The average Bonchev–Trinajstić information content (AvgIpc) is 3.33. The molecule has 3 aromatic carbocycles. The standard InChI is InChI=1S/C38H39N3O5/c1-25-16-17-26(2)29(22-25)40-21-11-19-38-32(35(44)41(33(38)36(40)45)30(24-42)28-14-8-5-9-15-28)31-34(43)39(20-10-18-37(31,3)46-38)23-27-12-6-4-7-13-27/h4-19,22,30-33,42H,20-21,23-24H2,1-3H3/t30-,31-,32+,33?,37+,38+/m1/s1. The molecule has 3 aromatic rings. The summed E-state index contributed by atoms with van der Waals surface area (Å²) in [5, 5.41) is 10.9. The summed E-state index contributed by atoms with van der Waals surface area (Å²) < 4.78 is 7.02. The van der Waals surface area contributed by atoms with Gasteiger partial charge in [0.15, 0.2) is 0 Å². The lowest BCUT2D eigenvalue weighted by Gasteiger charge is -2.40. The zero-order valence-electron chi connectivity index (χ0n) is 26.4. The molecule has 7 rings (SSSR count). The van der Waals surface area contributed by atoms with E-state index in [1.165, 1.54) is 4.90 Å². The Labute approximate surface area is 269 Å². The predicted octanol–water partition coefficient (Wildman–Crippen LogP) is 4.51. The lowest BCUT2D eigenvalue weighted by molar-refractivity contribution is -0.151. The Hall–Kier alpha value is -4.53. The second-order valence-electron chi connectivity index (χ2n) is 13.1. The molecule has 236 valence electrons. The van der Waals surface area contributed by atoms with Gasteiger partial charge in [-0.3, -0.25) is 14.4 Å². The number of likely N-dealkylation sites (tertiary alicyclic amines) is 1. The van der Waals surface area contributed by atoms with E-state index in [-0.39, 0.29) is 24.3 Å². The zero-order valence-corrected chi connectivity index (χ0v) is 26.4. The van der Waals surface area contributed by atoms with Gasteiger partial charge in [0, 0.05) is 25.3 Å². The summed E-state index contributed by atoms with van der Waals surface area (Å²) in [4.78, 5) is 49.6. The number of aliphatic hydroxyl groups is 1. The second kappa shape index (κ2) is 11.4. The summed E-state index contributed by atoms with van der Waals surface area (Å²) in [6.45, 7) is 6.44. The van der Waals surface area contributed by atoms with Gasteiger partial charge in [0.05, 0.1) is 30.1 Å². The van der Waals surface area contributed by atoms with E-state index in [0.717, 1.165) is 22.4 Å². The molecule has 1 unspecified atom stereocenters. The van der Waals surface area contributed by atoms with E-state index >= 15 is 4.79 Å². The number of carbonyl (C=O) groups is 3. The van der Waals surface area contributed by atoms with Gasteiger partial charge in [0.1, 0.15) is 11.6 Å². The fourth-order valence-electron chi connectivity index (χ4n) is 8.05. The zero-order chi connectivity index (χ0) is 32.2. The van der Waals surface area contributed by atoms with Crippen LogP contribution in [0.5, 0.6) is 0 Å². The van der Waals surface area contributed by atoms with Crippen LogP contribution in [0.4, 0.5) is 5.69 Å². The summed E-state index contributed by atoms with van der Waals surface area (Å²) >= 11 is 0. The van der Waals surface area contributed by atoms with E-state index in [4.69, 9.17) is 4.74 Å². The fourth-order valence-corrected chi connectivity index (χ4v) is 8.05. The Bertz CT molecular complexity index is 1740. The number of benzene rings is 3. The molecule has 8 nitrogen and oxygen atoms in total. The maximum absolute atomic E-state index is 15.0. The van der Waals surface area contributed by atoms with Gasteiger partial charge >= 0.3 is 0 Å². The van der Waals surface area contributed by atoms with E-state index < -0.39 is 41.7 Å². The maximum Gasteiger partial charge on any atom is 0.253 e. The largest absolute Gasteiger partial charge is 0.394 e. The van der Waals surface area contributed by atoms with Crippen LogP contribution in [0.25, 0.3) is 0 Å². The molecule has 1 N–H and O–H groups in total. The number of nitrogens with zero attached hydrogens (tertiary/aromatic N) is 3. The van der Waals surface area contributed by atoms with Crippen molar-refractivity contribution in [3.05, 3.63) is 125 Å². The molecule has 0 saturated carbocycles. The van der Waals surface area contributed by atoms with Gasteiger partial charge in [-0.1, -0.05) is 97.1 Å². The van der Waals surface area contributed by atoms with Crippen molar-refractivity contribution in [1.82, 2.24) is 9.80 Å². The number of hydrogen-bond acceptors (Lipinski definition) is 5. The third kappa shape index (κ3) is 4.62. The Balaban J connectivity index is 1.38. The lowest BCUT2D eigenvalue weighted by Crippen LogP contribution is -2.57. The monoisotopic (exact) mass is 617 g/mol. The SMILES string of the molecule is Cc1ccc(C)c(N2CC=C[C@]34O[C@@]5(C)C=CCN(Cc6ccccc6)C(=O)[C@H]5[C@H]3C(=O)N([C@H](CO)c3ccccc3)C4C2=O)c1. The third-order valence-corrected chi connectivity index (χ3v) is 10.1. The number of aliphatic hydroxyl groups excluding tert-OH is 1. The Morgan fingerprint density at radius 1 is 0.848 bits per heavy atom. The van der Waals surface area contributed by atoms with E-state index in [2.05, 4.69) is 0 Å². The van der Waals surface area contributed by atoms with Gasteiger partial charge in [0.25, 0.3) is 5.91 Å².